The van der Waals surface area contributed by atoms with Crippen LogP contribution in [0.15, 0.2) is 83.9 Å². The third-order valence-electron chi connectivity index (χ3n) is 4.85. The van der Waals surface area contributed by atoms with E-state index in [-0.39, 0.29) is 5.91 Å². The van der Waals surface area contributed by atoms with Crippen molar-refractivity contribution in [3.8, 4) is 11.5 Å². The number of para-hydroxylation sites is 1. The summed E-state index contributed by atoms with van der Waals surface area (Å²) >= 11 is 0. The summed E-state index contributed by atoms with van der Waals surface area (Å²) in [7, 11) is 5.27. The Morgan fingerprint density at radius 1 is 0.875 bits per heavy atom. The number of hydrogen-bond acceptors (Lipinski definition) is 3. The molecule has 6 nitrogen and oxygen atoms in total. The van der Waals surface area contributed by atoms with E-state index in [1.807, 2.05) is 78.9 Å². The quantitative estimate of drug-likeness (QED) is 0.417. The van der Waals surface area contributed by atoms with Crippen molar-refractivity contribution in [1.82, 2.24) is 15.5 Å². The molecule has 0 unspecified atom stereocenters. The van der Waals surface area contributed by atoms with E-state index in [1.165, 1.54) is 0 Å². The molecule has 0 spiro atoms. The number of amides is 1. The van der Waals surface area contributed by atoms with E-state index in [0.29, 0.717) is 18.7 Å². The average molecular weight is 431 g/mol. The van der Waals surface area contributed by atoms with E-state index < -0.39 is 0 Å². The summed E-state index contributed by atoms with van der Waals surface area (Å²) in [5, 5.41) is 6.66. The third-order valence-corrected chi connectivity index (χ3v) is 4.85. The maximum absolute atomic E-state index is 12.1. The molecule has 0 aliphatic rings. The van der Waals surface area contributed by atoms with Gasteiger partial charge in [0.05, 0.1) is 0 Å². The van der Waals surface area contributed by atoms with Crippen molar-refractivity contribution in [2.24, 2.45) is 4.99 Å². The summed E-state index contributed by atoms with van der Waals surface area (Å²) in [6, 6.07) is 25.5. The number of aliphatic imine (C=N–C) groups is 1. The van der Waals surface area contributed by atoms with Crippen molar-refractivity contribution in [3.63, 3.8) is 0 Å². The lowest BCUT2D eigenvalue weighted by atomic mass is 10.1. The monoisotopic (exact) mass is 430 g/mol. The van der Waals surface area contributed by atoms with Crippen molar-refractivity contribution in [1.29, 1.82) is 0 Å². The number of carbonyl (C=O) groups excluding carboxylic acids is 1. The molecule has 3 aromatic carbocycles. The van der Waals surface area contributed by atoms with Crippen LogP contribution in [0.25, 0.3) is 0 Å². The van der Waals surface area contributed by atoms with Gasteiger partial charge in [0, 0.05) is 39.8 Å². The van der Waals surface area contributed by atoms with Crippen molar-refractivity contribution in [3.05, 3.63) is 95.6 Å². The zero-order chi connectivity index (χ0) is 22.8. The van der Waals surface area contributed by atoms with Gasteiger partial charge in [0.2, 0.25) is 0 Å². The SMILES string of the molecule is CN=C(NCCc1cccc(C(=O)N(C)C)c1)NCc1cccc(Oc2ccccc2)c1. The fourth-order valence-electron chi connectivity index (χ4n) is 3.19. The van der Waals surface area contributed by atoms with Crippen LogP contribution in [-0.4, -0.2) is 44.5 Å². The minimum Gasteiger partial charge on any atom is -0.457 e. The van der Waals surface area contributed by atoms with Crippen molar-refractivity contribution in [2.75, 3.05) is 27.7 Å². The van der Waals surface area contributed by atoms with E-state index >= 15 is 0 Å². The molecule has 3 aromatic rings. The zero-order valence-electron chi connectivity index (χ0n) is 18.8. The third kappa shape index (κ3) is 6.87. The summed E-state index contributed by atoms with van der Waals surface area (Å²) < 4.78 is 5.91. The molecule has 0 bridgehead atoms. The standard InChI is InChI=1S/C26H30N4O2/c1-27-26(28-16-15-20-9-7-11-22(17-20)25(31)30(2)3)29-19-21-10-8-14-24(18-21)32-23-12-5-4-6-13-23/h4-14,17-18H,15-16,19H2,1-3H3,(H2,27,28,29). The van der Waals surface area contributed by atoms with Gasteiger partial charge in [0.1, 0.15) is 11.5 Å². The molecule has 1 amide bonds. The highest BCUT2D eigenvalue weighted by atomic mass is 16.5. The van der Waals surface area contributed by atoms with Crippen LogP contribution in [0.4, 0.5) is 0 Å². The Balaban J connectivity index is 1.49. The van der Waals surface area contributed by atoms with Crippen LogP contribution in [-0.2, 0) is 13.0 Å². The minimum absolute atomic E-state index is 0.00996. The van der Waals surface area contributed by atoms with Gasteiger partial charge < -0.3 is 20.3 Å². The Bertz CT molecular complexity index is 1050. The van der Waals surface area contributed by atoms with Gasteiger partial charge in [-0.1, -0.05) is 42.5 Å². The lowest BCUT2D eigenvalue weighted by Crippen LogP contribution is -2.37. The molecule has 6 heteroatoms. The number of hydrogen-bond donors (Lipinski definition) is 2. The minimum atomic E-state index is 0.00996. The topological polar surface area (TPSA) is 66.0 Å². The molecule has 32 heavy (non-hydrogen) atoms. The average Bonchev–Trinajstić information content (AvgIpc) is 2.82. The molecule has 0 radical (unpaired) electrons. The zero-order valence-corrected chi connectivity index (χ0v) is 18.8. The molecule has 0 atom stereocenters. The van der Waals surface area contributed by atoms with Gasteiger partial charge in [-0.2, -0.15) is 0 Å². The highest BCUT2D eigenvalue weighted by Gasteiger charge is 2.08. The van der Waals surface area contributed by atoms with E-state index in [0.717, 1.165) is 35.0 Å². The summed E-state index contributed by atoms with van der Waals surface area (Å²) in [6.45, 7) is 1.33. The molecule has 0 fully saturated rings. The molecule has 0 aliphatic heterocycles. The molecular weight excluding hydrogens is 400 g/mol. The fraction of sp³-hybridized carbons (Fsp3) is 0.231. The van der Waals surface area contributed by atoms with Crippen LogP contribution < -0.4 is 15.4 Å². The first kappa shape index (κ1) is 22.9. The normalized spacial score (nSPS) is 11.0. The largest absolute Gasteiger partial charge is 0.457 e. The molecule has 2 N–H and O–H groups in total. The predicted octanol–water partition coefficient (Wildman–Crippen LogP) is 4.09. The second kappa shape index (κ2) is 11.6. The molecule has 0 aliphatic carbocycles. The Morgan fingerprint density at radius 3 is 2.34 bits per heavy atom. The Morgan fingerprint density at radius 2 is 1.59 bits per heavy atom. The first-order chi connectivity index (χ1) is 15.5. The van der Waals surface area contributed by atoms with Gasteiger partial charge in [0.25, 0.3) is 5.91 Å². The van der Waals surface area contributed by atoms with Gasteiger partial charge >= 0.3 is 0 Å². The lowest BCUT2D eigenvalue weighted by molar-refractivity contribution is 0.0827. The Kier molecular flexibility index (Phi) is 8.26. The molecule has 0 saturated carbocycles. The number of nitrogens with one attached hydrogen (secondary N) is 2. The first-order valence-electron chi connectivity index (χ1n) is 10.6. The van der Waals surface area contributed by atoms with E-state index in [4.69, 9.17) is 4.74 Å². The number of ether oxygens (including phenoxy) is 1. The van der Waals surface area contributed by atoms with Crippen molar-refractivity contribution >= 4 is 11.9 Å². The van der Waals surface area contributed by atoms with Gasteiger partial charge in [-0.3, -0.25) is 9.79 Å². The van der Waals surface area contributed by atoms with Crippen molar-refractivity contribution in [2.45, 2.75) is 13.0 Å². The summed E-state index contributed by atoms with van der Waals surface area (Å²) in [6.07, 6.45) is 0.787. The van der Waals surface area contributed by atoms with Crippen LogP contribution in [0.1, 0.15) is 21.5 Å². The smallest absolute Gasteiger partial charge is 0.253 e. The van der Waals surface area contributed by atoms with Gasteiger partial charge in [-0.05, 0) is 53.9 Å². The van der Waals surface area contributed by atoms with E-state index in [9.17, 15) is 4.79 Å². The van der Waals surface area contributed by atoms with Crippen molar-refractivity contribution < 1.29 is 9.53 Å². The van der Waals surface area contributed by atoms with E-state index in [1.54, 1.807) is 26.0 Å². The highest BCUT2D eigenvalue weighted by Crippen LogP contribution is 2.21. The van der Waals surface area contributed by atoms with Crippen LogP contribution in [0.5, 0.6) is 11.5 Å². The number of nitrogens with zero attached hydrogens (tertiary/aromatic N) is 2. The number of rotatable bonds is 8. The van der Waals surface area contributed by atoms with Crippen LogP contribution in [0, 0.1) is 0 Å². The maximum Gasteiger partial charge on any atom is 0.253 e. The second-order valence-corrected chi connectivity index (χ2v) is 7.57. The van der Waals surface area contributed by atoms with Gasteiger partial charge in [-0.25, -0.2) is 0 Å². The first-order valence-corrected chi connectivity index (χ1v) is 10.6. The molecular formula is C26H30N4O2. The van der Waals surface area contributed by atoms with E-state index in [2.05, 4.69) is 15.6 Å². The lowest BCUT2D eigenvalue weighted by Gasteiger charge is -2.14. The number of carbonyl (C=O) groups is 1. The van der Waals surface area contributed by atoms with Crippen LogP contribution in [0.3, 0.4) is 0 Å². The predicted molar refractivity (Wildman–Crippen MR) is 129 cm³/mol. The Hall–Kier alpha value is -3.80. The molecule has 0 heterocycles. The molecule has 0 saturated heterocycles. The highest BCUT2D eigenvalue weighted by molar-refractivity contribution is 5.94. The molecule has 0 aromatic heterocycles. The molecule has 166 valence electrons. The second-order valence-electron chi connectivity index (χ2n) is 7.57. The van der Waals surface area contributed by atoms with Gasteiger partial charge in [-0.15, -0.1) is 0 Å². The summed E-state index contributed by atoms with van der Waals surface area (Å²) in [4.78, 5) is 18.0. The Labute approximate surface area is 189 Å². The van der Waals surface area contributed by atoms with Crippen LogP contribution >= 0.6 is 0 Å². The maximum atomic E-state index is 12.1. The van der Waals surface area contributed by atoms with Gasteiger partial charge in [0.15, 0.2) is 5.96 Å². The molecule has 3 rings (SSSR count). The summed E-state index contributed by atoms with van der Waals surface area (Å²) in [5.74, 6) is 2.34. The van der Waals surface area contributed by atoms with Crippen LogP contribution in [0.2, 0.25) is 0 Å². The summed E-state index contributed by atoms with van der Waals surface area (Å²) in [5.41, 5.74) is 2.90. The fourth-order valence-corrected chi connectivity index (χ4v) is 3.19. The number of benzene rings is 3. The number of guanidine groups is 1.